The van der Waals surface area contributed by atoms with E-state index in [-0.39, 0.29) is 11.3 Å². The molecule has 0 radical (unpaired) electrons. The molecule has 0 saturated carbocycles. The van der Waals surface area contributed by atoms with Crippen LogP contribution in [-0.4, -0.2) is 18.1 Å². The molecule has 2 rings (SSSR count). The van der Waals surface area contributed by atoms with Gasteiger partial charge in [-0.15, -0.1) is 0 Å². The predicted octanol–water partition coefficient (Wildman–Crippen LogP) is 2.48. The Hall–Kier alpha value is -3.00. The first-order chi connectivity index (χ1) is 10.0. The SMILES string of the molecule is CN(Cc1cccc(C#N)c1)c1cccc(C(=O)O)c1N. The normalized spacial score (nSPS) is 9.90. The van der Waals surface area contributed by atoms with Crippen molar-refractivity contribution < 1.29 is 9.90 Å². The van der Waals surface area contributed by atoms with Crippen LogP contribution in [0.15, 0.2) is 42.5 Å². The van der Waals surface area contributed by atoms with Gasteiger partial charge in [0.1, 0.15) is 0 Å². The number of aromatic carboxylic acids is 1. The smallest absolute Gasteiger partial charge is 0.337 e. The van der Waals surface area contributed by atoms with Crippen molar-refractivity contribution in [2.75, 3.05) is 17.7 Å². The average Bonchev–Trinajstić information content (AvgIpc) is 2.47. The Kier molecular flexibility index (Phi) is 4.10. The summed E-state index contributed by atoms with van der Waals surface area (Å²) in [7, 11) is 1.83. The Morgan fingerprint density at radius 2 is 2.05 bits per heavy atom. The van der Waals surface area contributed by atoms with Crippen LogP contribution in [0.1, 0.15) is 21.5 Å². The zero-order chi connectivity index (χ0) is 15.4. The standard InChI is InChI=1S/C16H15N3O2/c1-19(10-12-5-2-4-11(8-12)9-17)14-7-3-6-13(15(14)18)16(20)21/h2-8H,10,18H2,1H3,(H,20,21). The molecule has 0 unspecified atom stereocenters. The van der Waals surface area contributed by atoms with Crippen molar-refractivity contribution in [1.29, 1.82) is 5.26 Å². The summed E-state index contributed by atoms with van der Waals surface area (Å²) in [6.45, 7) is 0.531. The number of nitrogen functional groups attached to an aromatic ring is 1. The molecule has 0 aliphatic carbocycles. The van der Waals surface area contributed by atoms with Crippen LogP contribution in [0.2, 0.25) is 0 Å². The second-order valence-corrected chi connectivity index (χ2v) is 4.71. The molecule has 0 aliphatic heterocycles. The van der Waals surface area contributed by atoms with Crippen LogP contribution in [-0.2, 0) is 6.54 Å². The summed E-state index contributed by atoms with van der Waals surface area (Å²) >= 11 is 0. The van der Waals surface area contributed by atoms with Crippen molar-refractivity contribution in [3.63, 3.8) is 0 Å². The molecule has 21 heavy (non-hydrogen) atoms. The van der Waals surface area contributed by atoms with Crippen molar-refractivity contribution in [1.82, 2.24) is 0 Å². The van der Waals surface area contributed by atoms with Crippen molar-refractivity contribution >= 4 is 17.3 Å². The largest absolute Gasteiger partial charge is 0.478 e. The van der Waals surface area contributed by atoms with Crippen LogP contribution in [0.25, 0.3) is 0 Å². The van der Waals surface area contributed by atoms with E-state index in [1.165, 1.54) is 6.07 Å². The molecule has 0 amide bonds. The van der Waals surface area contributed by atoms with Gasteiger partial charge in [0.2, 0.25) is 0 Å². The first-order valence-electron chi connectivity index (χ1n) is 6.35. The number of carboxylic acid groups (broad SMARTS) is 1. The average molecular weight is 281 g/mol. The lowest BCUT2D eigenvalue weighted by Crippen LogP contribution is -2.19. The Balaban J connectivity index is 2.28. The Morgan fingerprint density at radius 1 is 1.33 bits per heavy atom. The van der Waals surface area contributed by atoms with Gasteiger partial charge in [-0.25, -0.2) is 4.79 Å². The molecule has 0 aromatic heterocycles. The van der Waals surface area contributed by atoms with Gasteiger partial charge in [-0.05, 0) is 29.8 Å². The molecule has 2 aromatic rings. The van der Waals surface area contributed by atoms with E-state index in [2.05, 4.69) is 6.07 Å². The number of para-hydroxylation sites is 1. The molecule has 106 valence electrons. The minimum atomic E-state index is -1.05. The molecule has 0 saturated heterocycles. The van der Waals surface area contributed by atoms with E-state index in [0.29, 0.717) is 17.8 Å². The Morgan fingerprint density at radius 3 is 2.71 bits per heavy atom. The van der Waals surface area contributed by atoms with Crippen molar-refractivity contribution in [2.45, 2.75) is 6.54 Å². The molecule has 5 heteroatoms. The molecule has 0 atom stereocenters. The van der Waals surface area contributed by atoms with Gasteiger partial charge >= 0.3 is 5.97 Å². The highest BCUT2D eigenvalue weighted by Gasteiger charge is 2.13. The van der Waals surface area contributed by atoms with Crippen LogP contribution in [0.4, 0.5) is 11.4 Å². The summed E-state index contributed by atoms with van der Waals surface area (Å²) in [5.41, 5.74) is 8.44. The fraction of sp³-hybridized carbons (Fsp3) is 0.125. The fourth-order valence-electron chi connectivity index (χ4n) is 2.17. The number of rotatable bonds is 4. The summed E-state index contributed by atoms with van der Waals surface area (Å²) in [5.74, 6) is -1.05. The minimum absolute atomic E-state index is 0.0881. The van der Waals surface area contributed by atoms with Gasteiger partial charge in [0, 0.05) is 13.6 Å². The lowest BCUT2D eigenvalue weighted by molar-refractivity contribution is 0.0698. The van der Waals surface area contributed by atoms with E-state index in [0.717, 1.165) is 5.56 Å². The van der Waals surface area contributed by atoms with Gasteiger partial charge in [-0.2, -0.15) is 5.26 Å². The fourth-order valence-corrected chi connectivity index (χ4v) is 2.17. The number of hydrogen-bond acceptors (Lipinski definition) is 4. The summed E-state index contributed by atoms with van der Waals surface area (Å²) in [5, 5.41) is 18.0. The third-order valence-corrected chi connectivity index (χ3v) is 3.20. The van der Waals surface area contributed by atoms with E-state index < -0.39 is 5.97 Å². The molecule has 5 nitrogen and oxygen atoms in total. The van der Waals surface area contributed by atoms with Gasteiger partial charge in [0.25, 0.3) is 0 Å². The lowest BCUT2D eigenvalue weighted by Gasteiger charge is -2.22. The maximum atomic E-state index is 11.1. The van der Waals surface area contributed by atoms with E-state index in [9.17, 15) is 4.79 Å². The van der Waals surface area contributed by atoms with Gasteiger partial charge in [0.15, 0.2) is 0 Å². The van der Waals surface area contributed by atoms with Crippen LogP contribution < -0.4 is 10.6 Å². The number of nitriles is 1. The predicted molar refractivity (Wildman–Crippen MR) is 81.1 cm³/mol. The molecular formula is C16H15N3O2. The Labute approximate surface area is 122 Å². The number of nitrogens with zero attached hydrogens (tertiary/aromatic N) is 2. The summed E-state index contributed by atoms with van der Waals surface area (Å²) in [6, 6.07) is 14.3. The molecule has 0 fully saturated rings. The third kappa shape index (κ3) is 3.12. The molecule has 0 aliphatic rings. The number of carbonyl (C=O) groups is 1. The van der Waals surface area contributed by atoms with Crippen LogP contribution in [0.5, 0.6) is 0 Å². The summed E-state index contributed by atoms with van der Waals surface area (Å²) in [4.78, 5) is 13.0. The van der Waals surface area contributed by atoms with Gasteiger partial charge in [0.05, 0.1) is 28.6 Å². The second kappa shape index (κ2) is 5.97. The van der Waals surface area contributed by atoms with Crippen molar-refractivity contribution in [3.05, 3.63) is 59.2 Å². The molecule has 0 spiro atoms. The van der Waals surface area contributed by atoms with Gasteiger partial charge < -0.3 is 15.7 Å². The maximum Gasteiger partial charge on any atom is 0.337 e. The minimum Gasteiger partial charge on any atom is -0.478 e. The van der Waals surface area contributed by atoms with Crippen LogP contribution in [0.3, 0.4) is 0 Å². The number of carboxylic acids is 1. The number of benzene rings is 2. The zero-order valence-corrected chi connectivity index (χ0v) is 11.6. The van der Waals surface area contributed by atoms with E-state index in [1.54, 1.807) is 24.3 Å². The quantitative estimate of drug-likeness (QED) is 0.840. The maximum absolute atomic E-state index is 11.1. The first kappa shape index (κ1) is 14.4. The monoisotopic (exact) mass is 281 g/mol. The summed E-state index contributed by atoms with van der Waals surface area (Å²) < 4.78 is 0. The van der Waals surface area contributed by atoms with Crippen LogP contribution >= 0.6 is 0 Å². The van der Waals surface area contributed by atoms with Crippen LogP contribution in [0, 0.1) is 11.3 Å². The molecule has 3 N–H and O–H groups in total. The lowest BCUT2D eigenvalue weighted by atomic mass is 10.1. The van der Waals surface area contributed by atoms with E-state index in [4.69, 9.17) is 16.1 Å². The molecule has 0 heterocycles. The van der Waals surface area contributed by atoms with Crippen molar-refractivity contribution in [2.24, 2.45) is 0 Å². The number of nitrogens with two attached hydrogens (primary N) is 1. The molecule has 2 aromatic carbocycles. The third-order valence-electron chi connectivity index (χ3n) is 3.20. The second-order valence-electron chi connectivity index (χ2n) is 4.71. The Bertz CT molecular complexity index is 720. The highest BCUT2D eigenvalue weighted by atomic mass is 16.4. The number of hydrogen-bond donors (Lipinski definition) is 2. The first-order valence-corrected chi connectivity index (χ1v) is 6.35. The van der Waals surface area contributed by atoms with Gasteiger partial charge in [-0.3, -0.25) is 0 Å². The highest BCUT2D eigenvalue weighted by Crippen LogP contribution is 2.27. The van der Waals surface area contributed by atoms with E-state index >= 15 is 0 Å². The summed E-state index contributed by atoms with van der Waals surface area (Å²) in [6.07, 6.45) is 0. The van der Waals surface area contributed by atoms with Gasteiger partial charge in [-0.1, -0.05) is 18.2 Å². The highest BCUT2D eigenvalue weighted by molar-refractivity contribution is 5.97. The molecular weight excluding hydrogens is 266 g/mol. The number of anilines is 2. The topological polar surface area (TPSA) is 90.3 Å². The molecule has 0 bridgehead atoms. The van der Waals surface area contributed by atoms with Crippen molar-refractivity contribution in [3.8, 4) is 6.07 Å². The zero-order valence-electron chi connectivity index (χ0n) is 11.6. The van der Waals surface area contributed by atoms with E-state index in [1.807, 2.05) is 24.1 Å².